The lowest BCUT2D eigenvalue weighted by atomic mass is 10.2. The molecule has 0 aromatic carbocycles. The van der Waals surface area contributed by atoms with Crippen LogP contribution in [0.15, 0.2) is 0 Å². The number of aliphatic hydroxyl groups is 1. The smallest absolute Gasteiger partial charge is 0.0808 e. The van der Waals surface area contributed by atoms with Crippen LogP contribution in [-0.2, 0) is 0 Å². The van der Waals surface area contributed by atoms with E-state index in [2.05, 4.69) is 6.92 Å². The molecular weight excluding hydrogens is 162 g/mol. The predicted molar refractivity (Wildman–Crippen MR) is 55.6 cm³/mol. The summed E-state index contributed by atoms with van der Waals surface area (Å²) in [6.45, 7) is 7.90. The first-order valence-corrected chi connectivity index (χ1v) is 5.79. The minimum atomic E-state index is 0.367. The standard InChI is InChI=1S/C11H24NO/c1-2-3-7-12(10-6-11-13)8-4-5-9-12/h13H,2-11H2,1H3/q+1. The lowest BCUT2D eigenvalue weighted by molar-refractivity contribution is -0.917. The number of unbranched alkanes of at least 4 members (excludes halogenated alkanes) is 1. The molecule has 0 spiro atoms. The maximum atomic E-state index is 8.86. The number of hydrogen-bond donors (Lipinski definition) is 1. The SMILES string of the molecule is CCCC[N+]1(CCCO)CCCC1. The molecule has 0 bridgehead atoms. The summed E-state index contributed by atoms with van der Waals surface area (Å²) in [5.41, 5.74) is 0. The van der Waals surface area contributed by atoms with Gasteiger partial charge in [-0.3, -0.25) is 0 Å². The van der Waals surface area contributed by atoms with Gasteiger partial charge in [-0.2, -0.15) is 0 Å². The molecule has 0 amide bonds. The van der Waals surface area contributed by atoms with Crippen LogP contribution >= 0.6 is 0 Å². The van der Waals surface area contributed by atoms with Crippen LogP contribution in [0.3, 0.4) is 0 Å². The Kier molecular flexibility index (Phi) is 4.74. The molecule has 1 N–H and O–H groups in total. The summed E-state index contributed by atoms with van der Waals surface area (Å²) in [5.74, 6) is 0. The minimum Gasteiger partial charge on any atom is -0.396 e. The van der Waals surface area contributed by atoms with Gasteiger partial charge in [0.25, 0.3) is 0 Å². The van der Waals surface area contributed by atoms with Gasteiger partial charge in [0.2, 0.25) is 0 Å². The van der Waals surface area contributed by atoms with Gasteiger partial charge in [-0.25, -0.2) is 0 Å². The van der Waals surface area contributed by atoms with Crippen molar-refractivity contribution in [2.45, 2.75) is 39.0 Å². The zero-order valence-corrected chi connectivity index (χ0v) is 8.97. The fourth-order valence-corrected chi connectivity index (χ4v) is 2.46. The molecule has 78 valence electrons. The monoisotopic (exact) mass is 186 g/mol. The van der Waals surface area contributed by atoms with Crippen molar-refractivity contribution in [3.05, 3.63) is 0 Å². The van der Waals surface area contributed by atoms with Crippen molar-refractivity contribution in [2.24, 2.45) is 0 Å². The van der Waals surface area contributed by atoms with Crippen LogP contribution in [0.1, 0.15) is 39.0 Å². The number of hydrogen-bond acceptors (Lipinski definition) is 1. The van der Waals surface area contributed by atoms with Crippen molar-refractivity contribution in [3.63, 3.8) is 0 Å². The highest BCUT2D eigenvalue weighted by molar-refractivity contribution is 4.55. The quantitative estimate of drug-likeness (QED) is 0.627. The van der Waals surface area contributed by atoms with E-state index in [1.54, 1.807) is 0 Å². The molecule has 1 heterocycles. The van der Waals surface area contributed by atoms with Crippen LogP contribution in [0.4, 0.5) is 0 Å². The third-order valence-corrected chi connectivity index (χ3v) is 3.29. The van der Waals surface area contributed by atoms with Crippen LogP contribution in [0.5, 0.6) is 0 Å². The molecule has 0 aromatic heterocycles. The molecule has 1 rings (SSSR count). The molecule has 2 heteroatoms. The van der Waals surface area contributed by atoms with Gasteiger partial charge >= 0.3 is 0 Å². The topological polar surface area (TPSA) is 20.2 Å². The zero-order valence-electron chi connectivity index (χ0n) is 8.97. The van der Waals surface area contributed by atoms with Gasteiger partial charge < -0.3 is 9.59 Å². The largest absolute Gasteiger partial charge is 0.396 e. The summed E-state index contributed by atoms with van der Waals surface area (Å²) < 4.78 is 1.30. The fourth-order valence-electron chi connectivity index (χ4n) is 2.46. The molecule has 1 aliphatic rings. The molecule has 0 aromatic rings. The second kappa shape index (κ2) is 5.61. The Morgan fingerprint density at radius 1 is 1.08 bits per heavy atom. The first-order chi connectivity index (χ1) is 6.33. The van der Waals surface area contributed by atoms with Gasteiger partial charge in [0.1, 0.15) is 0 Å². The van der Waals surface area contributed by atoms with Gasteiger partial charge in [-0.15, -0.1) is 0 Å². The van der Waals surface area contributed by atoms with E-state index >= 15 is 0 Å². The Morgan fingerprint density at radius 3 is 2.23 bits per heavy atom. The summed E-state index contributed by atoms with van der Waals surface area (Å²) in [4.78, 5) is 0. The second-order valence-corrected chi connectivity index (χ2v) is 4.37. The molecule has 0 unspecified atom stereocenters. The van der Waals surface area contributed by atoms with Crippen LogP contribution < -0.4 is 0 Å². The van der Waals surface area contributed by atoms with E-state index in [1.165, 1.54) is 56.3 Å². The average molecular weight is 186 g/mol. The van der Waals surface area contributed by atoms with Gasteiger partial charge in [-0.1, -0.05) is 13.3 Å². The van der Waals surface area contributed by atoms with E-state index in [0.29, 0.717) is 6.61 Å². The summed E-state index contributed by atoms with van der Waals surface area (Å²) >= 11 is 0. The van der Waals surface area contributed by atoms with E-state index in [1.807, 2.05) is 0 Å². The first-order valence-electron chi connectivity index (χ1n) is 5.79. The Morgan fingerprint density at radius 2 is 1.69 bits per heavy atom. The summed E-state index contributed by atoms with van der Waals surface area (Å²) in [6, 6.07) is 0. The number of nitrogens with zero attached hydrogens (tertiary/aromatic N) is 1. The van der Waals surface area contributed by atoms with E-state index < -0.39 is 0 Å². The Hall–Kier alpha value is -0.0800. The summed E-state index contributed by atoms with van der Waals surface area (Å²) in [7, 11) is 0. The molecule has 0 aliphatic carbocycles. The maximum Gasteiger partial charge on any atom is 0.0808 e. The predicted octanol–water partition coefficient (Wildman–Crippen LogP) is 1.78. The van der Waals surface area contributed by atoms with E-state index in [4.69, 9.17) is 5.11 Å². The zero-order chi connectivity index (χ0) is 9.57. The minimum absolute atomic E-state index is 0.367. The first kappa shape index (κ1) is 11.0. The molecule has 2 nitrogen and oxygen atoms in total. The highest BCUT2D eigenvalue weighted by Crippen LogP contribution is 2.20. The Balaban J connectivity index is 2.33. The van der Waals surface area contributed by atoms with Crippen molar-refractivity contribution < 1.29 is 9.59 Å². The van der Waals surface area contributed by atoms with E-state index in [-0.39, 0.29) is 0 Å². The van der Waals surface area contributed by atoms with Crippen LogP contribution in [0, 0.1) is 0 Å². The van der Waals surface area contributed by atoms with Crippen molar-refractivity contribution >= 4 is 0 Å². The summed E-state index contributed by atoms with van der Waals surface area (Å²) in [5, 5.41) is 8.86. The van der Waals surface area contributed by atoms with Crippen molar-refractivity contribution in [1.82, 2.24) is 0 Å². The van der Waals surface area contributed by atoms with Gasteiger partial charge in [0.05, 0.1) is 26.2 Å². The molecule has 1 aliphatic heterocycles. The van der Waals surface area contributed by atoms with Gasteiger partial charge in [0.15, 0.2) is 0 Å². The average Bonchev–Trinajstić information content (AvgIpc) is 2.61. The molecule has 0 radical (unpaired) electrons. The fraction of sp³-hybridized carbons (Fsp3) is 1.00. The van der Waals surface area contributed by atoms with Crippen LogP contribution in [0.2, 0.25) is 0 Å². The number of rotatable bonds is 6. The van der Waals surface area contributed by atoms with E-state index in [9.17, 15) is 0 Å². The normalized spacial score (nSPS) is 20.8. The molecule has 0 saturated carbocycles. The van der Waals surface area contributed by atoms with Crippen molar-refractivity contribution in [1.29, 1.82) is 0 Å². The lowest BCUT2D eigenvalue weighted by Gasteiger charge is -2.34. The third-order valence-electron chi connectivity index (χ3n) is 3.29. The Labute approximate surface area is 82.1 Å². The van der Waals surface area contributed by atoms with Gasteiger partial charge in [0, 0.05) is 25.9 Å². The van der Waals surface area contributed by atoms with Crippen molar-refractivity contribution in [3.8, 4) is 0 Å². The van der Waals surface area contributed by atoms with E-state index in [0.717, 1.165) is 6.42 Å². The van der Waals surface area contributed by atoms with Crippen molar-refractivity contribution in [2.75, 3.05) is 32.8 Å². The van der Waals surface area contributed by atoms with Crippen LogP contribution in [0.25, 0.3) is 0 Å². The molecule has 0 atom stereocenters. The third kappa shape index (κ3) is 3.28. The molecule has 13 heavy (non-hydrogen) atoms. The highest BCUT2D eigenvalue weighted by Gasteiger charge is 2.30. The number of quaternary nitrogens is 1. The lowest BCUT2D eigenvalue weighted by Crippen LogP contribution is -2.46. The molecule has 1 fully saturated rings. The van der Waals surface area contributed by atoms with Gasteiger partial charge in [-0.05, 0) is 6.42 Å². The maximum absolute atomic E-state index is 8.86. The second-order valence-electron chi connectivity index (χ2n) is 4.37. The summed E-state index contributed by atoms with van der Waals surface area (Å²) in [6.07, 6.45) is 6.44. The number of aliphatic hydroxyl groups excluding tert-OH is 1. The molecular formula is C11H24NO+. The number of likely N-dealkylation sites (tertiary alicyclic amines) is 1. The Bertz CT molecular complexity index is 120. The highest BCUT2D eigenvalue weighted by atomic mass is 16.3. The van der Waals surface area contributed by atoms with Crippen LogP contribution in [-0.4, -0.2) is 42.4 Å². The molecule has 1 saturated heterocycles.